The smallest absolute Gasteiger partial charge is 0.274 e. The number of nitrogens with one attached hydrogen (secondary N) is 1. The van der Waals surface area contributed by atoms with Gasteiger partial charge in [0.05, 0.1) is 9.95 Å². The van der Waals surface area contributed by atoms with Gasteiger partial charge in [-0.1, -0.05) is 11.6 Å². The molecular weight excluding hydrogens is 326 g/mol. The molecule has 1 aromatic carbocycles. The molecule has 1 N–H and O–H groups in total. The predicted molar refractivity (Wildman–Crippen MR) is 81.5 cm³/mol. The summed E-state index contributed by atoms with van der Waals surface area (Å²) in [6.07, 6.45) is 1.67. The molecule has 0 aliphatic heterocycles. The van der Waals surface area contributed by atoms with Gasteiger partial charge in [-0.05, 0) is 18.2 Å². The van der Waals surface area contributed by atoms with Crippen LogP contribution in [0.2, 0.25) is 5.02 Å². The van der Waals surface area contributed by atoms with E-state index in [1.54, 1.807) is 29.9 Å². The molecule has 0 unspecified atom stereocenters. The first kappa shape index (κ1) is 16.5. The van der Waals surface area contributed by atoms with E-state index in [1.165, 1.54) is 12.1 Å². The van der Waals surface area contributed by atoms with Gasteiger partial charge in [-0.15, -0.1) is 0 Å². The van der Waals surface area contributed by atoms with Crippen molar-refractivity contribution in [3.63, 3.8) is 0 Å². The average Bonchev–Trinajstić information content (AvgIpc) is 2.92. The molecule has 1 heterocycles. The molecule has 120 valence electrons. The van der Waals surface area contributed by atoms with Crippen LogP contribution in [-0.2, 0) is 11.8 Å². The second-order valence-corrected chi connectivity index (χ2v) is 4.95. The molecule has 2 rings (SSSR count). The highest BCUT2D eigenvalue weighted by molar-refractivity contribution is 6.32. The van der Waals surface area contributed by atoms with Crippen molar-refractivity contribution in [1.29, 1.82) is 0 Å². The zero-order valence-electron chi connectivity index (χ0n) is 12.0. The highest BCUT2D eigenvalue weighted by Gasteiger charge is 2.15. The summed E-state index contributed by atoms with van der Waals surface area (Å²) in [7, 11) is 1.67. The Hall–Kier alpha value is -2.87. The van der Waals surface area contributed by atoms with Gasteiger partial charge in [-0.2, -0.15) is 0 Å². The van der Waals surface area contributed by atoms with Gasteiger partial charge in [-0.25, -0.2) is 0 Å². The van der Waals surface area contributed by atoms with Crippen LogP contribution in [-0.4, -0.2) is 27.9 Å². The summed E-state index contributed by atoms with van der Waals surface area (Å²) in [5.41, 5.74) is 0.136. The summed E-state index contributed by atoms with van der Waals surface area (Å²) >= 11 is 5.83. The number of aryl methyl sites for hydroxylation is 1. The molecule has 2 amide bonds. The lowest BCUT2D eigenvalue weighted by atomic mass is 10.3. The first-order chi connectivity index (χ1) is 10.9. The minimum Gasteiger partial charge on any atom is -0.482 e. The van der Waals surface area contributed by atoms with Gasteiger partial charge in [-0.3, -0.25) is 25.0 Å². The van der Waals surface area contributed by atoms with Crippen molar-refractivity contribution in [2.45, 2.75) is 0 Å². The molecular formula is C14H12ClN3O5. The number of ether oxygens (including phenoxy) is 1. The average molecular weight is 338 g/mol. The molecule has 1 aromatic heterocycles. The Morgan fingerprint density at radius 2 is 2.13 bits per heavy atom. The fourth-order valence-electron chi connectivity index (χ4n) is 1.79. The molecule has 0 bridgehead atoms. The molecule has 0 saturated heterocycles. The molecule has 0 radical (unpaired) electrons. The molecule has 2 aromatic rings. The van der Waals surface area contributed by atoms with Crippen LogP contribution in [0.3, 0.4) is 0 Å². The zero-order chi connectivity index (χ0) is 17.0. The van der Waals surface area contributed by atoms with E-state index in [2.05, 4.69) is 5.32 Å². The van der Waals surface area contributed by atoms with E-state index in [1.807, 2.05) is 0 Å². The Morgan fingerprint density at radius 1 is 1.39 bits per heavy atom. The summed E-state index contributed by atoms with van der Waals surface area (Å²) in [6.45, 7) is -0.451. The summed E-state index contributed by atoms with van der Waals surface area (Å²) in [5.74, 6) is -1.11. The number of nitro benzene ring substituents is 1. The molecule has 0 fully saturated rings. The van der Waals surface area contributed by atoms with Crippen molar-refractivity contribution in [3.05, 3.63) is 57.4 Å². The van der Waals surface area contributed by atoms with Gasteiger partial charge in [0.2, 0.25) is 0 Å². The maximum atomic E-state index is 11.8. The number of non-ortho nitro benzene ring substituents is 1. The first-order valence-corrected chi connectivity index (χ1v) is 6.78. The number of benzene rings is 1. The summed E-state index contributed by atoms with van der Waals surface area (Å²) in [4.78, 5) is 33.5. The van der Waals surface area contributed by atoms with Gasteiger partial charge < -0.3 is 9.30 Å². The van der Waals surface area contributed by atoms with Crippen molar-refractivity contribution in [2.75, 3.05) is 6.61 Å². The summed E-state index contributed by atoms with van der Waals surface area (Å²) in [5, 5.41) is 12.8. The third-order valence-corrected chi connectivity index (χ3v) is 3.21. The Morgan fingerprint density at radius 3 is 2.70 bits per heavy atom. The largest absolute Gasteiger partial charge is 0.482 e. The van der Waals surface area contributed by atoms with Crippen molar-refractivity contribution in [2.24, 2.45) is 7.05 Å². The number of carbonyl (C=O) groups is 2. The molecule has 9 heteroatoms. The lowest BCUT2D eigenvalue weighted by Gasteiger charge is -2.08. The number of nitro groups is 1. The number of carbonyl (C=O) groups excluding carboxylic acids is 2. The van der Waals surface area contributed by atoms with Crippen LogP contribution in [0.5, 0.6) is 5.75 Å². The summed E-state index contributed by atoms with van der Waals surface area (Å²) in [6, 6.07) is 6.84. The lowest BCUT2D eigenvalue weighted by molar-refractivity contribution is -0.384. The predicted octanol–water partition coefficient (Wildman–Crippen LogP) is 1.92. The van der Waals surface area contributed by atoms with Crippen molar-refractivity contribution >= 4 is 29.1 Å². The van der Waals surface area contributed by atoms with Crippen LogP contribution in [0.4, 0.5) is 5.69 Å². The van der Waals surface area contributed by atoms with Gasteiger partial charge >= 0.3 is 0 Å². The minimum atomic E-state index is -0.661. The zero-order valence-corrected chi connectivity index (χ0v) is 12.7. The third kappa shape index (κ3) is 4.07. The standard InChI is InChI=1S/C14H12ClN3O5/c1-17-6-2-3-11(17)14(20)16-13(19)8-23-12-5-4-9(18(21)22)7-10(12)15/h2-7H,8H2,1H3,(H,16,19,20). The Labute approximate surface area is 135 Å². The summed E-state index contributed by atoms with van der Waals surface area (Å²) < 4.78 is 6.72. The highest BCUT2D eigenvalue weighted by Crippen LogP contribution is 2.28. The number of halogens is 1. The number of amides is 2. The van der Waals surface area contributed by atoms with E-state index in [0.717, 1.165) is 6.07 Å². The van der Waals surface area contributed by atoms with Crippen molar-refractivity contribution in [1.82, 2.24) is 9.88 Å². The van der Waals surface area contributed by atoms with E-state index in [9.17, 15) is 19.7 Å². The van der Waals surface area contributed by atoms with Crippen LogP contribution < -0.4 is 10.1 Å². The van der Waals surface area contributed by atoms with E-state index < -0.39 is 23.3 Å². The van der Waals surface area contributed by atoms with Gasteiger partial charge in [0.15, 0.2) is 6.61 Å². The molecule has 0 saturated carbocycles. The first-order valence-electron chi connectivity index (χ1n) is 6.40. The van der Waals surface area contributed by atoms with Gasteiger partial charge in [0, 0.05) is 25.4 Å². The molecule has 0 aliphatic rings. The van der Waals surface area contributed by atoms with E-state index in [0.29, 0.717) is 5.69 Å². The lowest BCUT2D eigenvalue weighted by Crippen LogP contribution is -2.35. The fourth-order valence-corrected chi connectivity index (χ4v) is 2.02. The Bertz CT molecular complexity index is 772. The van der Waals surface area contributed by atoms with E-state index >= 15 is 0 Å². The fraction of sp³-hybridized carbons (Fsp3) is 0.143. The van der Waals surface area contributed by atoms with E-state index in [-0.39, 0.29) is 16.5 Å². The SMILES string of the molecule is Cn1cccc1C(=O)NC(=O)COc1ccc([N+](=O)[O-])cc1Cl. The normalized spacial score (nSPS) is 10.2. The minimum absolute atomic E-state index is 0.000705. The van der Waals surface area contributed by atoms with Crippen molar-refractivity contribution in [3.8, 4) is 5.75 Å². The topological polar surface area (TPSA) is 103 Å². The van der Waals surface area contributed by atoms with E-state index in [4.69, 9.17) is 16.3 Å². The Balaban J connectivity index is 1.93. The van der Waals surface area contributed by atoms with Gasteiger partial charge in [0.1, 0.15) is 11.4 Å². The molecule has 0 spiro atoms. The second-order valence-electron chi connectivity index (χ2n) is 4.54. The highest BCUT2D eigenvalue weighted by atomic mass is 35.5. The maximum absolute atomic E-state index is 11.8. The number of hydrogen-bond acceptors (Lipinski definition) is 5. The number of aromatic nitrogens is 1. The van der Waals surface area contributed by atoms with Crippen LogP contribution in [0.15, 0.2) is 36.5 Å². The molecule has 23 heavy (non-hydrogen) atoms. The third-order valence-electron chi connectivity index (χ3n) is 2.91. The van der Waals surface area contributed by atoms with Crippen LogP contribution >= 0.6 is 11.6 Å². The maximum Gasteiger partial charge on any atom is 0.274 e. The van der Waals surface area contributed by atoms with Crippen LogP contribution in [0.25, 0.3) is 0 Å². The number of rotatable bonds is 5. The van der Waals surface area contributed by atoms with Crippen LogP contribution in [0.1, 0.15) is 10.5 Å². The molecule has 8 nitrogen and oxygen atoms in total. The number of imide groups is 1. The molecule has 0 aliphatic carbocycles. The molecule has 0 atom stereocenters. The van der Waals surface area contributed by atoms with Gasteiger partial charge in [0.25, 0.3) is 17.5 Å². The number of nitrogens with zero attached hydrogens (tertiary/aromatic N) is 2. The second kappa shape index (κ2) is 6.93. The van der Waals surface area contributed by atoms with Crippen LogP contribution in [0, 0.1) is 10.1 Å². The monoisotopic (exact) mass is 337 g/mol. The quantitative estimate of drug-likeness (QED) is 0.663. The Kier molecular flexibility index (Phi) is 4.97. The van der Waals surface area contributed by atoms with Crippen molar-refractivity contribution < 1.29 is 19.2 Å². The number of hydrogen-bond donors (Lipinski definition) is 1.